The Kier molecular flexibility index (Phi) is 3.56. The van der Waals surface area contributed by atoms with Gasteiger partial charge in [-0.1, -0.05) is 11.8 Å². The lowest BCUT2D eigenvalue weighted by Crippen LogP contribution is -1.94. The van der Waals surface area contributed by atoms with Crippen LogP contribution in [0, 0.1) is 28.9 Å². The molecule has 1 aromatic heterocycles. The first-order valence-electron chi connectivity index (χ1n) is 4.32. The maximum atomic E-state index is 10.5. The summed E-state index contributed by atoms with van der Waals surface area (Å²) in [7, 11) is 0. The first-order chi connectivity index (χ1) is 7.50. The van der Waals surface area contributed by atoms with Gasteiger partial charge in [-0.3, -0.25) is 19.9 Å². The van der Waals surface area contributed by atoms with Gasteiger partial charge in [-0.2, -0.15) is 0 Å². The fourth-order valence-corrected chi connectivity index (χ4v) is 0.964. The standard InChI is InChI=1S/C10H8N2O4/c1-7-8(3-2-4-10(13)14)5-9(6-11-7)12(15)16/h5-6H,4H2,1H3,(H,13,14). The Morgan fingerprint density at radius 3 is 2.94 bits per heavy atom. The molecule has 6 heteroatoms. The summed E-state index contributed by atoms with van der Waals surface area (Å²) in [6, 6.07) is 1.27. The van der Waals surface area contributed by atoms with Gasteiger partial charge in [0.05, 0.1) is 16.2 Å². The lowest BCUT2D eigenvalue weighted by Gasteiger charge is -1.96. The second-order valence-electron chi connectivity index (χ2n) is 2.96. The van der Waals surface area contributed by atoms with E-state index in [2.05, 4.69) is 16.8 Å². The summed E-state index contributed by atoms with van der Waals surface area (Å²) in [6.07, 6.45) is 0.833. The quantitative estimate of drug-likeness (QED) is 0.458. The van der Waals surface area contributed by atoms with E-state index >= 15 is 0 Å². The number of nitrogens with zero attached hydrogens (tertiary/aromatic N) is 2. The van der Waals surface area contributed by atoms with E-state index in [1.165, 1.54) is 6.07 Å². The molecule has 1 aromatic rings. The highest BCUT2D eigenvalue weighted by Crippen LogP contribution is 2.13. The van der Waals surface area contributed by atoms with Crippen molar-refractivity contribution in [2.75, 3.05) is 0 Å². The Hall–Kier alpha value is -2.42. The van der Waals surface area contributed by atoms with Crippen LogP contribution in [0.4, 0.5) is 5.69 Å². The van der Waals surface area contributed by atoms with Crippen molar-refractivity contribution in [2.24, 2.45) is 0 Å². The minimum atomic E-state index is -1.04. The van der Waals surface area contributed by atoms with Crippen LogP contribution in [0.3, 0.4) is 0 Å². The van der Waals surface area contributed by atoms with Crippen LogP contribution in [0.2, 0.25) is 0 Å². The Morgan fingerprint density at radius 1 is 1.69 bits per heavy atom. The van der Waals surface area contributed by atoms with E-state index in [9.17, 15) is 14.9 Å². The third-order valence-corrected chi connectivity index (χ3v) is 1.75. The number of hydrogen-bond acceptors (Lipinski definition) is 4. The zero-order valence-electron chi connectivity index (χ0n) is 8.43. The van der Waals surface area contributed by atoms with Gasteiger partial charge >= 0.3 is 5.97 Å². The van der Waals surface area contributed by atoms with E-state index in [1.807, 2.05) is 0 Å². The molecule has 1 N–H and O–H groups in total. The molecule has 0 aliphatic rings. The molecule has 0 radical (unpaired) electrons. The number of nitro groups is 1. The summed E-state index contributed by atoms with van der Waals surface area (Å²) < 4.78 is 0. The highest BCUT2D eigenvalue weighted by molar-refractivity contribution is 5.70. The number of pyridine rings is 1. The van der Waals surface area contributed by atoms with Crippen LogP contribution in [0.15, 0.2) is 12.3 Å². The maximum Gasteiger partial charge on any atom is 0.315 e. The fourth-order valence-electron chi connectivity index (χ4n) is 0.964. The van der Waals surface area contributed by atoms with Crippen LogP contribution in [0.25, 0.3) is 0 Å². The van der Waals surface area contributed by atoms with E-state index in [0.29, 0.717) is 11.3 Å². The van der Waals surface area contributed by atoms with Gasteiger partial charge in [0.1, 0.15) is 12.6 Å². The average Bonchev–Trinajstić information content (AvgIpc) is 2.20. The highest BCUT2D eigenvalue weighted by Gasteiger charge is 2.08. The van der Waals surface area contributed by atoms with E-state index in [-0.39, 0.29) is 12.1 Å². The minimum Gasteiger partial charge on any atom is -0.481 e. The molecule has 0 saturated heterocycles. The zero-order chi connectivity index (χ0) is 12.1. The number of rotatable bonds is 2. The number of hydrogen-bond donors (Lipinski definition) is 1. The molecule has 1 heterocycles. The van der Waals surface area contributed by atoms with Crippen molar-refractivity contribution in [2.45, 2.75) is 13.3 Å². The summed E-state index contributed by atoms with van der Waals surface area (Å²) in [5.41, 5.74) is 0.740. The lowest BCUT2D eigenvalue weighted by molar-refractivity contribution is -0.385. The van der Waals surface area contributed by atoms with Gasteiger partial charge in [-0.05, 0) is 6.92 Å². The Morgan fingerprint density at radius 2 is 2.38 bits per heavy atom. The number of aliphatic carboxylic acids is 1. The number of carbonyl (C=O) groups is 1. The average molecular weight is 220 g/mol. The topological polar surface area (TPSA) is 93.3 Å². The molecule has 16 heavy (non-hydrogen) atoms. The lowest BCUT2D eigenvalue weighted by atomic mass is 10.2. The first-order valence-corrected chi connectivity index (χ1v) is 4.32. The van der Waals surface area contributed by atoms with Crippen molar-refractivity contribution in [3.05, 3.63) is 33.6 Å². The number of aryl methyl sites for hydroxylation is 1. The molecule has 0 aliphatic heterocycles. The van der Waals surface area contributed by atoms with Crippen LogP contribution >= 0.6 is 0 Å². The van der Waals surface area contributed by atoms with Crippen LogP contribution in [0.5, 0.6) is 0 Å². The number of aromatic nitrogens is 1. The molecule has 0 fully saturated rings. The van der Waals surface area contributed by atoms with Crippen LogP contribution in [-0.4, -0.2) is 21.0 Å². The predicted octanol–water partition coefficient (Wildman–Crippen LogP) is 1.12. The highest BCUT2D eigenvalue weighted by atomic mass is 16.6. The summed E-state index contributed by atoms with van der Waals surface area (Å²) >= 11 is 0. The van der Waals surface area contributed by atoms with Gasteiger partial charge in [0.2, 0.25) is 0 Å². The predicted molar refractivity (Wildman–Crippen MR) is 54.8 cm³/mol. The minimum absolute atomic E-state index is 0.162. The third kappa shape index (κ3) is 3.06. The number of carboxylic acids is 1. The molecule has 1 rings (SSSR count). The number of carboxylic acid groups (broad SMARTS) is 1. The second-order valence-corrected chi connectivity index (χ2v) is 2.96. The van der Waals surface area contributed by atoms with E-state index < -0.39 is 10.9 Å². The molecule has 0 bridgehead atoms. The van der Waals surface area contributed by atoms with E-state index in [4.69, 9.17) is 5.11 Å². The Balaban J connectivity index is 3.01. The van der Waals surface area contributed by atoms with Crippen molar-refractivity contribution >= 4 is 11.7 Å². The molecule has 0 spiro atoms. The van der Waals surface area contributed by atoms with Crippen molar-refractivity contribution in [1.29, 1.82) is 0 Å². The van der Waals surface area contributed by atoms with Crippen LogP contribution in [0.1, 0.15) is 17.7 Å². The smallest absolute Gasteiger partial charge is 0.315 e. The van der Waals surface area contributed by atoms with Crippen molar-refractivity contribution in [3.8, 4) is 11.8 Å². The molecular weight excluding hydrogens is 212 g/mol. The van der Waals surface area contributed by atoms with Crippen molar-refractivity contribution in [3.63, 3.8) is 0 Å². The summed E-state index contributed by atoms with van der Waals surface area (Å²) in [6.45, 7) is 1.65. The molecule has 0 saturated carbocycles. The fraction of sp³-hybridized carbons (Fsp3) is 0.200. The normalized spacial score (nSPS) is 9.06. The van der Waals surface area contributed by atoms with Gasteiger partial charge in [0, 0.05) is 6.07 Å². The van der Waals surface area contributed by atoms with Crippen LogP contribution < -0.4 is 0 Å². The molecule has 0 unspecified atom stereocenters. The second kappa shape index (κ2) is 4.89. The van der Waals surface area contributed by atoms with Gasteiger partial charge in [0.25, 0.3) is 5.69 Å². The SMILES string of the molecule is Cc1ncc([N+](=O)[O-])cc1C#CCC(=O)O. The maximum absolute atomic E-state index is 10.5. The summed E-state index contributed by atoms with van der Waals surface area (Å²) in [4.78, 5) is 23.9. The molecular formula is C10H8N2O4. The largest absolute Gasteiger partial charge is 0.481 e. The van der Waals surface area contributed by atoms with Gasteiger partial charge in [-0.15, -0.1) is 0 Å². The summed E-state index contributed by atoms with van der Waals surface area (Å²) in [5, 5.41) is 18.8. The zero-order valence-corrected chi connectivity index (χ0v) is 8.43. The Labute approximate surface area is 91.1 Å². The van der Waals surface area contributed by atoms with E-state index in [0.717, 1.165) is 6.20 Å². The Bertz CT molecular complexity index is 499. The van der Waals surface area contributed by atoms with Crippen molar-refractivity contribution in [1.82, 2.24) is 4.98 Å². The van der Waals surface area contributed by atoms with E-state index in [1.54, 1.807) is 6.92 Å². The molecule has 0 amide bonds. The van der Waals surface area contributed by atoms with Crippen LogP contribution in [-0.2, 0) is 4.79 Å². The van der Waals surface area contributed by atoms with Gasteiger partial charge < -0.3 is 5.11 Å². The van der Waals surface area contributed by atoms with Gasteiger partial charge in [-0.25, -0.2) is 0 Å². The third-order valence-electron chi connectivity index (χ3n) is 1.75. The molecule has 0 atom stereocenters. The first kappa shape index (κ1) is 11.7. The monoisotopic (exact) mass is 220 g/mol. The molecule has 0 aliphatic carbocycles. The van der Waals surface area contributed by atoms with Gasteiger partial charge in [0.15, 0.2) is 0 Å². The molecule has 82 valence electrons. The van der Waals surface area contributed by atoms with Crippen molar-refractivity contribution < 1.29 is 14.8 Å². The molecule has 6 nitrogen and oxygen atoms in total. The summed E-state index contributed by atoms with van der Waals surface area (Å²) in [5.74, 6) is 3.90. The molecule has 0 aromatic carbocycles.